The minimum atomic E-state index is 0.0931. The van der Waals surface area contributed by atoms with Gasteiger partial charge in [-0.25, -0.2) is 0 Å². The van der Waals surface area contributed by atoms with Crippen LogP contribution < -0.4 is 5.32 Å². The number of ether oxygens (including phenoxy) is 1. The highest BCUT2D eigenvalue weighted by Gasteiger charge is 2.42. The zero-order valence-electron chi connectivity index (χ0n) is 15.5. The largest absolute Gasteiger partial charge is 0.383 e. The molecular formula is C19H25N5O2S. The predicted octanol–water partition coefficient (Wildman–Crippen LogP) is 2.38. The fraction of sp³-hybridized carbons (Fsp3) is 0.579. The molecule has 0 spiro atoms. The van der Waals surface area contributed by atoms with E-state index < -0.39 is 0 Å². The van der Waals surface area contributed by atoms with Crippen molar-refractivity contribution in [2.45, 2.75) is 43.4 Å². The molecule has 2 aliphatic carbocycles. The summed E-state index contributed by atoms with van der Waals surface area (Å²) in [6.45, 7) is 1.19. The summed E-state index contributed by atoms with van der Waals surface area (Å²) < 4.78 is 7.24. The lowest BCUT2D eigenvalue weighted by Gasteiger charge is -2.17. The van der Waals surface area contributed by atoms with Gasteiger partial charge >= 0.3 is 0 Å². The molecule has 144 valence electrons. The Kier molecular flexibility index (Phi) is 5.73. The van der Waals surface area contributed by atoms with E-state index >= 15 is 0 Å². The van der Waals surface area contributed by atoms with Crippen LogP contribution in [0.1, 0.15) is 25.7 Å². The molecule has 2 aromatic heterocycles. The number of hydrogen-bond acceptors (Lipinski definition) is 6. The summed E-state index contributed by atoms with van der Waals surface area (Å²) in [6.07, 6.45) is 8.51. The van der Waals surface area contributed by atoms with Crippen LogP contribution >= 0.6 is 11.8 Å². The number of thioether (sulfide) groups is 1. The van der Waals surface area contributed by atoms with E-state index in [1.807, 2.05) is 16.7 Å². The van der Waals surface area contributed by atoms with E-state index in [0.29, 0.717) is 36.8 Å². The second-order valence-electron chi connectivity index (χ2n) is 7.24. The Morgan fingerprint density at radius 3 is 2.59 bits per heavy atom. The first kappa shape index (κ1) is 18.4. The average Bonchev–Trinajstić information content (AvgIpc) is 3.61. The van der Waals surface area contributed by atoms with Gasteiger partial charge in [0.2, 0.25) is 5.91 Å². The van der Waals surface area contributed by atoms with Crippen molar-refractivity contribution in [1.82, 2.24) is 25.1 Å². The van der Waals surface area contributed by atoms with Gasteiger partial charge in [0.05, 0.1) is 18.9 Å². The second-order valence-corrected chi connectivity index (χ2v) is 8.19. The highest BCUT2D eigenvalue weighted by Crippen LogP contribution is 2.44. The lowest BCUT2D eigenvalue weighted by molar-refractivity contribution is -0.119. The topological polar surface area (TPSA) is 81.9 Å². The summed E-state index contributed by atoms with van der Waals surface area (Å²) in [4.78, 5) is 16.5. The molecule has 2 aromatic rings. The monoisotopic (exact) mass is 387 g/mol. The lowest BCUT2D eigenvalue weighted by atomic mass is 10.1. The van der Waals surface area contributed by atoms with Crippen molar-refractivity contribution in [3.63, 3.8) is 0 Å². The molecule has 0 saturated heterocycles. The second kappa shape index (κ2) is 8.39. The third kappa shape index (κ3) is 4.68. The zero-order chi connectivity index (χ0) is 18.6. The molecule has 2 saturated carbocycles. The average molecular weight is 388 g/mol. The van der Waals surface area contributed by atoms with Crippen molar-refractivity contribution in [3.05, 3.63) is 24.5 Å². The van der Waals surface area contributed by atoms with Crippen molar-refractivity contribution in [1.29, 1.82) is 0 Å². The Labute approximate surface area is 163 Å². The van der Waals surface area contributed by atoms with Gasteiger partial charge in [-0.2, -0.15) is 0 Å². The van der Waals surface area contributed by atoms with E-state index in [1.165, 1.54) is 37.4 Å². The third-order valence-corrected chi connectivity index (χ3v) is 6.06. The maximum absolute atomic E-state index is 12.5. The number of pyridine rings is 1. The van der Waals surface area contributed by atoms with Gasteiger partial charge in [0.25, 0.3) is 0 Å². The van der Waals surface area contributed by atoms with Crippen LogP contribution in [0.2, 0.25) is 0 Å². The fourth-order valence-electron chi connectivity index (χ4n) is 3.38. The van der Waals surface area contributed by atoms with Gasteiger partial charge in [-0.15, -0.1) is 10.2 Å². The van der Waals surface area contributed by atoms with Crippen LogP contribution in [0.3, 0.4) is 0 Å². The number of carbonyl (C=O) groups is 1. The van der Waals surface area contributed by atoms with Crippen LogP contribution in [0.4, 0.5) is 0 Å². The molecule has 0 aliphatic heterocycles. The van der Waals surface area contributed by atoms with Crippen LogP contribution in [0.15, 0.2) is 29.7 Å². The van der Waals surface area contributed by atoms with Crippen LogP contribution in [-0.2, 0) is 16.1 Å². The minimum absolute atomic E-state index is 0.0931. The number of carbonyl (C=O) groups excluding carboxylic acids is 1. The van der Waals surface area contributed by atoms with Gasteiger partial charge in [-0.3, -0.25) is 14.3 Å². The van der Waals surface area contributed by atoms with E-state index in [-0.39, 0.29) is 5.91 Å². The standard InChI is InChI=1S/C19H25N5O2S/c1-26-11-10-24-18(15-6-8-20-9-7-15)22-23-19(24)27-12-16(25)21-17(13-2-3-13)14-4-5-14/h6-9,13-14,17H,2-5,10-12H2,1H3,(H,21,25). The Bertz CT molecular complexity index is 762. The molecule has 7 nitrogen and oxygen atoms in total. The van der Waals surface area contributed by atoms with Crippen molar-refractivity contribution >= 4 is 17.7 Å². The Morgan fingerprint density at radius 1 is 1.26 bits per heavy atom. The van der Waals surface area contributed by atoms with Crippen molar-refractivity contribution in [2.24, 2.45) is 11.8 Å². The number of amides is 1. The maximum atomic E-state index is 12.5. The van der Waals surface area contributed by atoms with Gasteiger partial charge in [0.1, 0.15) is 0 Å². The molecule has 4 rings (SSSR count). The number of aromatic nitrogens is 4. The first-order chi connectivity index (χ1) is 13.3. The highest BCUT2D eigenvalue weighted by atomic mass is 32.2. The third-order valence-electron chi connectivity index (χ3n) is 5.09. The van der Waals surface area contributed by atoms with E-state index in [2.05, 4.69) is 20.5 Å². The van der Waals surface area contributed by atoms with E-state index in [9.17, 15) is 4.79 Å². The Morgan fingerprint density at radius 2 is 1.96 bits per heavy atom. The molecule has 0 aromatic carbocycles. The molecule has 0 radical (unpaired) electrons. The van der Waals surface area contributed by atoms with E-state index in [0.717, 1.165) is 16.5 Å². The summed E-state index contributed by atoms with van der Waals surface area (Å²) in [6, 6.07) is 4.20. The lowest BCUT2D eigenvalue weighted by Crippen LogP contribution is -2.39. The number of nitrogens with zero attached hydrogens (tertiary/aromatic N) is 4. The first-order valence-electron chi connectivity index (χ1n) is 9.51. The zero-order valence-corrected chi connectivity index (χ0v) is 16.3. The molecule has 2 heterocycles. The molecule has 0 unspecified atom stereocenters. The van der Waals surface area contributed by atoms with Crippen LogP contribution in [0.5, 0.6) is 0 Å². The van der Waals surface area contributed by atoms with Crippen molar-refractivity contribution < 1.29 is 9.53 Å². The Hall–Kier alpha value is -1.93. The fourth-order valence-corrected chi connectivity index (χ4v) is 4.16. The first-order valence-corrected chi connectivity index (χ1v) is 10.5. The summed E-state index contributed by atoms with van der Waals surface area (Å²) >= 11 is 1.43. The number of hydrogen-bond donors (Lipinski definition) is 1. The summed E-state index contributed by atoms with van der Waals surface area (Å²) in [5.74, 6) is 2.63. The molecule has 27 heavy (non-hydrogen) atoms. The van der Waals surface area contributed by atoms with E-state index in [1.54, 1.807) is 19.5 Å². The maximum Gasteiger partial charge on any atom is 0.230 e. The van der Waals surface area contributed by atoms with Gasteiger partial charge < -0.3 is 10.1 Å². The summed E-state index contributed by atoms with van der Waals surface area (Å²) in [7, 11) is 1.67. The molecule has 2 fully saturated rings. The molecule has 8 heteroatoms. The summed E-state index contributed by atoms with van der Waals surface area (Å²) in [5.41, 5.74) is 0.951. The SMILES string of the molecule is COCCn1c(SCC(=O)NC(C2CC2)C2CC2)nnc1-c1ccncc1. The Balaban J connectivity index is 1.41. The van der Waals surface area contributed by atoms with Crippen LogP contribution in [0, 0.1) is 11.8 Å². The van der Waals surface area contributed by atoms with Gasteiger partial charge in [0, 0.05) is 31.1 Å². The summed E-state index contributed by atoms with van der Waals surface area (Å²) in [5, 5.41) is 12.6. The quantitative estimate of drug-likeness (QED) is 0.631. The van der Waals surface area contributed by atoms with Crippen LogP contribution in [0.25, 0.3) is 11.4 Å². The smallest absolute Gasteiger partial charge is 0.230 e. The minimum Gasteiger partial charge on any atom is -0.383 e. The van der Waals surface area contributed by atoms with Gasteiger partial charge in [-0.1, -0.05) is 11.8 Å². The molecular weight excluding hydrogens is 362 g/mol. The molecule has 0 bridgehead atoms. The highest BCUT2D eigenvalue weighted by molar-refractivity contribution is 7.99. The van der Waals surface area contributed by atoms with Crippen molar-refractivity contribution in [2.75, 3.05) is 19.5 Å². The van der Waals surface area contributed by atoms with Gasteiger partial charge in [0.15, 0.2) is 11.0 Å². The predicted molar refractivity (Wildman–Crippen MR) is 103 cm³/mol. The molecule has 0 atom stereocenters. The molecule has 1 amide bonds. The molecule has 1 N–H and O–H groups in total. The molecule has 2 aliphatic rings. The number of rotatable bonds is 10. The number of nitrogens with one attached hydrogen (secondary N) is 1. The van der Waals surface area contributed by atoms with Gasteiger partial charge in [-0.05, 0) is 49.7 Å². The normalized spacial score (nSPS) is 16.7. The van der Waals surface area contributed by atoms with Crippen LogP contribution in [-0.4, -0.2) is 51.2 Å². The van der Waals surface area contributed by atoms with E-state index in [4.69, 9.17) is 4.74 Å². The van der Waals surface area contributed by atoms with Crippen molar-refractivity contribution in [3.8, 4) is 11.4 Å². The number of methoxy groups -OCH3 is 1.